The van der Waals surface area contributed by atoms with Crippen LogP contribution < -0.4 is 19.5 Å². The Hall–Kier alpha value is -3.34. The number of benzene rings is 1. The third kappa shape index (κ3) is 6.37. The van der Waals surface area contributed by atoms with Crippen molar-refractivity contribution < 1.29 is 23.9 Å². The molecule has 1 saturated heterocycles. The van der Waals surface area contributed by atoms with Gasteiger partial charge in [0.2, 0.25) is 5.91 Å². The molecule has 11 heteroatoms. The Labute approximate surface area is 198 Å². The maximum absolute atomic E-state index is 12.5. The molecule has 1 N–H and O–H groups in total. The minimum atomic E-state index is -0.562. The fourth-order valence-electron chi connectivity index (χ4n) is 4.00. The van der Waals surface area contributed by atoms with E-state index in [2.05, 4.69) is 29.0 Å². The predicted molar refractivity (Wildman–Crippen MR) is 123 cm³/mol. The second kappa shape index (κ2) is 10.7. The van der Waals surface area contributed by atoms with Crippen molar-refractivity contribution in [3.63, 3.8) is 0 Å². The Morgan fingerprint density at radius 1 is 1.26 bits per heavy atom. The summed E-state index contributed by atoms with van der Waals surface area (Å²) in [5.41, 5.74) is 0. The average Bonchev–Trinajstić information content (AvgIpc) is 3.24. The molecular formula is C23H31N5O6. The van der Waals surface area contributed by atoms with Gasteiger partial charge in [-0.2, -0.15) is 0 Å². The van der Waals surface area contributed by atoms with Crippen molar-refractivity contribution in [3.8, 4) is 17.5 Å². The zero-order valence-corrected chi connectivity index (χ0v) is 19.5. The molecule has 2 aliphatic heterocycles. The number of likely N-dealkylation sites (tertiary alicyclic amines) is 1. The molecule has 0 radical (unpaired) electrons. The van der Waals surface area contributed by atoms with Crippen molar-refractivity contribution in [2.75, 3.05) is 32.8 Å². The van der Waals surface area contributed by atoms with Crippen molar-refractivity contribution in [2.24, 2.45) is 5.92 Å². The molecule has 2 aromatic rings. The maximum Gasteiger partial charge on any atom is 0.414 e. The first-order valence-corrected chi connectivity index (χ1v) is 11.6. The molecule has 34 heavy (non-hydrogen) atoms. The summed E-state index contributed by atoms with van der Waals surface area (Å²) in [5.74, 6) is 1.79. The largest absolute Gasteiger partial charge is 0.493 e. The lowest BCUT2D eigenvalue weighted by atomic mass is 10.1. The van der Waals surface area contributed by atoms with Gasteiger partial charge in [0.05, 0.1) is 25.7 Å². The van der Waals surface area contributed by atoms with Crippen molar-refractivity contribution >= 4 is 11.7 Å². The SMILES string of the molecule is CC(C)COc1ccc(OC2CCN(CC(=O)N[C@@H]3COc4nc([N+](=O)[O-])cn4C3)CC2)cc1. The Morgan fingerprint density at radius 3 is 2.65 bits per heavy atom. The van der Waals surface area contributed by atoms with Gasteiger partial charge >= 0.3 is 11.8 Å². The number of nitrogens with one attached hydrogen (secondary N) is 1. The van der Waals surface area contributed by atoms with Gasteiger partial charge in [0, 0.05) is 18.1 Å². The summed E-state index contributed by atoms with van der Waals surface area (Å²) >= 11 is 0. The number of piperidine rings is 1. The molecule has 0 saturated carbocycles. The molecule has 4 rings (SSSR count). The monoisotopic (exact) mass is 473 g/mol. The smallest absolute Gasteiger partial charge is 0.414 e. The lowest BCUT2D eigenvalue weighted by Gasteiger charge is -2.32. The lowest BCUT2D eigenvalue weighted by molar-refractivity contribution is -0.389. The molecule has 1 aromatic carbocycles. The number of hydrogen-bond acceptors (Lipinski definition) is 8. The number of imidazole rings is 1. The fraction of sp³-hybridized carbons (Fsp3) is 0.565. The molecule has 0 unspecified atom stereocenters. The normalized spacial score (nSPS) is 18.7. The van der Waals surface area contributed by atoms with Crippen LogP contribution in [-0.4, -0.2) is 70.3 Å². The predicted octanol–water partition coefficient (Wildman–Crippen LogP) is 2.25. The topological polar surface area (TPSA) is 121 Å². The second-order valence-corrected chi connectivity index (χ2v) is 9.14. The number of aromatic nitrogens is 2. The molecule has 1 aromatic heterocycles. The number of fused-ring (bicyclic) bond motifs is 1. The molecule has 184 valence electrons. The van der Waals surface area contributed by atoms with Crippen LogP contribution in [0.1, 0.15) is 26.7 Å². The molecule has 11 nitrogen and oxygen atoms in total. The highest BCUT2D eigenvalue weighted by atomic mass is 16.6. The van der Waals surface area contributed by atoms with Gasteiger partial charge in [-0.1, -0.05) is 13.8 Å². The molecule has 2 aliphatic rings. The van der Waals surface area contributed by atoms with E-state index in [4.69, 9.17) is 14.2 Å². The first-order chi connectivity index (χ1) is 16.4. The summed E-state index contributed by atoms with van der Waals surface area (Å²) in [6.45, 7) is 7.37. The Morgan fingerprint density at radius 2 is 1.97 bits per heavy atom. The van der Waals surface area contributed by atoms with Gasteiger partial charge in [0.15, 0.2) is 0 Å². The number of rotatable bonds is 9. The third-order valence-electron chi connectivity index (χ3n) is 5.72. The minimum Gasteiger partial charge on any atom is -0.493 e. The van der Waals surface area contributed by atoms with E-state index < -0.39 is 4.92 Å². The molecule has 1 atom stereocenters. The first-order valence-electron chi connectivity index (χ1n) is 11.6. The summed E-state index contributed by atoms with van der Waals surface area (Å²) in [7, 11) is 0. The van der Waals surface area contributed by atoms with E-state index in [1.807, 2.05) is 24.3 Å². The summed E-state index contributed by atoms with van der Waals surface area (Å²) in [6, 6.07) is 7.66. The van der Waals surface area contributed by atoms with Crippen molar-refractivity contribution in [1.82, 2.24) is 19.8 Å². The molecule has 1 fully saturated rings. The maximum atomic E-state index is 12.5. The van der Waals surface area contributed by atoms with Gasteiger partial charge in [-0.25, -0.2) is 0 Å². The Balaban J connectivity index is 1.17. The third-order valence-corrected chi connectivity index (χ3v) is 5.72. The van der Waals surface area contributed by atoms with Crippen LogP contribution in [0.5, 0.6) is 17.5 Å². The summed E-state index contributed by atoms with van der Waals surface area (Å²) in [5, 5.41) is 13.8. The number of nitro groups is 1. The van der Waals surface area contributed by atoms with Crippen LogP contribution in [0.25, 0.3) is 0 Å². The van der Waals surface area contributed by atoms with Crippen LogP contribution >= 0.6 is 0 Å². The van der Waals surface area contributed by atoms with E-state index in [0.29, 0.717) is 25.6 Å². The van der Waals surface area contributed by atoms with Gasteiger partial charge in [0.1, 0.15) is 30.4 Å². The summed E-state index contributed by atoms with van der Waals surface area (Å²) in [6.07, 6.45) is 3.12. The number of ether oxygens (including phenoxy) is 3. The molecule has 0 bridgehead atoms. The zero-order valence-electron chi connectivity index (χ0n) is 19.5. The summed E-state index contributed by atoms with van der Waals surface area (Å²) < 4.78 is 18.8. The molecule has 0 aliphatic carbocycles. The van der Waals surface area contributed by atoms with E-state index in [9.17, 15) is 14.9 Å². The van der Waals surface area contributed by atoms with Crippen LogP contribution in [0.2, 0.25) is 0 Å². The number of hydrogen-bond donors (Lipinski definition) is 1. The Kier molecular flexibility index (Phi) is 7.51. The molecule has 1 amide bonds. The Bertz CT molecular complexity index is 984. The van der Waals surface area contributed by atoms with E-state index in [0.717, 1.165) is 37.4 Å². The molecule has 3 heterocycles. The van der Waals surface area contributed by atoms with E-state index in [-0.39, 0.29) is 36.5 Å². The number of carbonyl (C=O) groups excluding carboxylic acids is 1. The van der Waals surface area contributed by atoms with E-state index >= 15 is 0 Å². The van der Waals surface area contributed by atoms with Crippen LogP contribution in [0.3, 0.4) is 0 Å². The van der Waals surface area contributed by atoms with Crippen LogP contribution in [0, 0.1) is 16.0 Å². The fourth-order valence-corrected chi connectivity index (χ4v) is 4.00. The van der Waals surface area contributed by atoms with Gasteiger partial charge in [-0.15, -0.1) is 0 Å². The zero-order chi connectivity index (χ0) is 24.1. The minimum absolute atomic E-state index is 0.0944. The van der Waals surface area contributed by atoms with Crippen molar-refractivity contribution in [1.29, 1.82) is 0 Å². The van der Waals surface area contributed by atoms with Gasteiger partial charge in [-0.05, 0) is 47.9 Å². The van der Waals surface area contributed by atoms with Gasteiger partial charge < -0.3 is 29.6 Å². The van der Waals surface area contributed by atoms with Gasteiger partial charge in [0.25, 0.3) is 0 Å². The van der Waals surface area contributed by atoms with Crippen LogP contribution in [0.15, 0.2) is 30.5 Å². The second-order valence-electron chi connectivity index (χ2n) is 9.14. The highest BCUT2D eigenvalue weighted by molar-refractivity contribution is 5.78. The molecular weight excluding hydrogens is 442 g/mol. The lowest BCUT2D eigenvalue weighted by Crippen LogP contribution is -2.49. The number of carbonyl (C=O) groups is 1. The van der Waals surface area contributed by atoms with Crippen LogP contribution in [0.4, 0.5) is 5.82 Å². The summed E-state index contributed by atoms with van der Waals surface area (Å²) in [4.78, 5) is 28.7. The van der Waals surface area contributed by atoms with Crippen molar-refractivity contribution in [3.05, 3.63) is 40.6 Å². The number of amides is 1. The van der Waals surface area contributed by atoms with Crippen molar-refractivity contribution in [2.45, 2.75) is 45.4 Å². The highest BCUT2D eigenvalue weighted by Crippen LogP contribution is 2.23. The highest BCUT2D eigenvalue weighted by Gasteiger charge is 2.29. The molecule has 0 spiro atoms. The van der Waals surface area contributed by atoms with Gasteiger partial charge in [-0.3, -0.25) is 14.3 Å². The van der Waals surface area contributed by atoms with E-state index in [1.165, 1.54) is 6.20 Å². The standard InChI is InChI=1S/C23H31N5O6/c1-16(2)14-32-18-3-5-19(6-4-18)34-20-7-9-26(10-8-20)13-22(29)24-17-11-27-12-21(28(30)31)25-23(27)33-15-17/h3-6,12,16-17,20H,7-11,13-15H2,1-2H3,(H,24,29)/t17-/m0/s1. The number of nitrogens with zero attached hydrogens (tertiary/aromatic N) is 4. The van der Waals surface area contributed by atoms with Crippen LogP contribution in [-0.2, 0) is 11.3 Å². The van der Waals surface area contributed by atoms with E-state index in [1.54, 1.807) is 4.57 Å². The quantitative estimate of drug-likeness (QED) is 0.435. The average molecular weight is 474 g/mol. The first kappa shape index (κ1) is 23.8.